The zero-order chi connectivity index (χ0) is 18.6. The normalized spacial score (nSPS) is 12.5. The average Bonchev–Trinajstić information content (AvgIpc) is 2.52. The summed E-state index contributed by atoms with van der Waals surface area (Å²) in [4.78, 5) is 23.0. The molecule has 0 aliphatic rings. The maximum absolute atomic E-state index is 12.7. The number of aromatic nitrogens is 3. The summed E-state index contributed by atoms with van der Waals surface area (Å²) < 4.78 is 39.1. The Morgan fingerprint density at radius 2 is 1.96 bits per heavy atom. The van der Waals surface area contributed by atoms with Crippen molar-refractivity contribution in [2.45, 2.75) is 24.8 Å². The van der Waals surface area contributed by atoms with E-state index in [-0.39, 0.29) is 5.95 Å². The zero-order valence-electron chi connectivity index (χ0n) is 13.4. The fraction of sp³-hybridized carbons (Fsp3) is 0.286. The first-order chi connectivity index (χ1) is 11.7. The van der Waals surface area contributed by atoms with Crippen molar-refractivity contribution >= 4 is 22.0 Å². The van der Waals surface area contributed by atoms with Gasteiger partial charge in [0.1, 0.15) is 17.7 Å². The molecule has 0 saturated heterocycles. The number of aliphatic hydroxyl groups is 1. The van der Waals surface area contributed by atoms with E-state index in [9.17, 15) is 22.7 Å². The number of rotatable bonds is 5. The quantitative estimate of drug-likeness (QED) is 0.716. The third-order valence-electron chi connectivity index (χ3n) is 2.99. The zero-order valence-corrected chi connectivity index (χ0v) is 14.2. The van der Waals surface area contributed by atoms with Gasteiger partial charge < -0.3 is 5.11 Å². The minimum absolute atomic E-state index is 0.0691. The van der Waals surface area contributed by atoms with Crippen molar-refractivity contribution < 1.29 is 22.7 Å². The lowest BCUT2D eigenvalue weighted by atomic mass is 10.2. The minimum Gasteiger partial charge on any atom is -0.384 e. The van der Waals surface area contributed by atoms with Crippen LogP contribution in [0.15, 0.2) is 29.3 Å². The molecule has 0 radical (unpaired) electrons. The smallest absolute Gasteiger partial charge is 0.335 e. The molecule has 0 bridgehead atoms. The number of urea groups is 1. The molecule has 134 valence electrons. The van der Waals surface area contributed by atoms with Gasteiger partial charge in [-0.1, -0.05) is 0 Å². The highest BCUT2D eigenvalue weighted by atomic mass is 32.2. The summed E-state index contributed by atoms with van der Waals surface area (Å²) in [5, 5.41) is 11.8. The van der Waals surface area contributed by atoms with Gasteiger partial charge in [-0.2, -0.15) is 0 Å². The lowest BCUT2D eigenvalue weighted by molar-refractivity contribution is 0.134. The van der Waals surface area contributed by atoms with E-state index in [1.54, 1.807) is 24.6 Å². The Hall–Kier alpha value is -2.66. The summed E-state index contributed by atoms with van der Waals surface area (Å²) in [7, 11) is -4.39. The molecule has 2 heterocycles. The topological polar surface area (TPSA) is 134 Å². The van der Waals surface area contributed by atoms with E-state index in [0.29, 0.717) is 11.4 Å². The van der Waals surface area contributed by atoms with Crippen LogP contribution in [0.1, 0.15) is 23.2 Å². The van der Waals surface area contributed by atoms with Gasteiger partial charge in [-0.3, -0.25) is 10.3 Å². The minimum atomic E-state index is -4.39. The molecule has 1 atom stereocenters. The van der Waals surface area contributed by atoms with Gasteiger partial charge in [0, 0.05) is 17.6 Å². The van der Waals surface area contributed by atoms with Crippen LogP contribution in [-0.4, -0.2) is 41.2 Å². The number of nitrogens with one attached hydrogen (secondary N) is 2. The van der Waals surface area contributed by atoms with Crippen molar-refractivity contribution in [2.24, 2.45) is 0 Å². The molecule has 0 fully saturated rings. The van der Waals surface area contributed by atoms with Crippen LogP contribution in [0.4, 0.5) is 15.1 Å². The van der Waals surface area contributed by atoms with Crippen LogP contribution in [0.25, 0.3) is 0 Å². The molecule has 0 aromatic carbocycles. The highest BCUT2D eigenvalue weighted by Gasteiger charge is 2.25. The molecule has 11 heteroatoms. The SMILES string of the molecule is Cc1cc(C)nc(NC(=O)NS(=O)(=O)c2cccnc2C(O)CF)n1. The third kappa shape index (κ3) is 4.67. The maximum atomic E-state index is 12.7. The Morgan fingerprint density at radius 1 is 1.32 bits per heavy atom. The monoisotopic (exact) mass is 369 g/mol. The molecule has 2 rings (SSSR count). The summed E-state index contributed by atoms with van der Waals surface area (Å²) in [6.07, 6.45) is -0.518. The highest BCUT2D eigenvalue weighted by molar-refractivity contribution is 7.90. The molecule has 9 nitrogen and oxygen atoms in total. The Morgan fingerprint density at radius 3 is 2.56 bits per heavy atom. The van der Waals surface area contributed by atoms with Crippen LogP contribution in [-0.2, 0) is 10.0 Å². The van der Waals surface area contributed by atoms with Gasteiger partial charge in [0.15, 0.2) is 0 Å². The average molecular weight is 369 g/mol. The Balaban J connectivity index is 2.22. The maximum Gasteiger partial charge on any atom is 0.335 e. The number of aliphatic hydroxyl groups excluding tert-OH is 1. The summed E-state index contributed by atoms with van der Waals surface area (Å²) in [6, 6.07) is 2.97. The molecule has 25 heavy (non-hydrogen) atoms. The molecule has 2 amide bonds. The molecule has 0 aliphatic heterocycles. The molecular formula is C14H16FN5O4S. The van der Waals surface area contributed by atoms with Crippen molar-refractivity contribution in [1.82, 2.24) is 19.7 Å². The fourth-order valence-electron chi connectivity index (χ4n) is 2.04. The molecule has 0 spiro atoms. The van der Waals surface area contributed by atoms with E-state index in [4.69, 9.17) is 0 Å². The van der Waals surface area contributed by atoms with Crippen LogP contribution in [0, 0.1) is 13.8 Å². The van der Waals surface area contributed by atoms with Crippen LogP contribution >= 0.6 is 0 Å². The number of carbonyl (C=O) groups is 1. The Bertz CT molecular complexity index is 870. The van der Waals surface area contributed by atoms with Gasteiger partial charge in [-0.05, 0) is 32.0 Å². The van der Waals surface area contributed by atoms with E-state index in [2.05, 4.69) is 20.3 Å². The van der Waals surface area contributed by atoms with E-state index in [0.717, 1.165) is 6.07 Å². The molecule has 2 aromatic rings. The summed E-state index contributed by atoms with van der Waals surface area (Å²) >= 11 is 0. The molecule has 0 saturated carbocycles. The van der Waals surface area contributed by atoms with Crippen LogP contribution in [0.3, 0.4) is 0 Å². The predicted molar refractivity (Wildman–Crippen MR) is 86.0 cm³/mol. The van der Waals surface area contributed by atoms with Crippen molar-refractivity contribution in [3.63, 3.8) is 0 Å². The van der Waals surface area contributed by atoms with Gasteiger partial charge in [-0.15, -0.1) is 0 Å². The number of hydrogen-bond acceptors (Lipinski definition) is 7. The summed E-state index contributed by atoms with van der Waals surface area (Å²) in [5.74, 6) is -0.0691. The van der Waals surface area contributed by atoms with E-state index < -0.39 is 39.4 Å². The number of alkyl halides is 1. The van der Waals surface area contributed by atoms with Gasteiger partial charge in [-0.25, -0.2) is 32.3 Å². The number of aryl methyl sites for hydroxylation is 2. The third-order valence-corrected chi connectivity index (χ3v) is 4.36. The number of nitrogens with zero attached hydrogens (tertiary/aromatic N) is 3. The predicted octanol–water partition coefficient (Wildman–Crippen LogP) is 1.00. The van der Waals surface area contributed by atoms with Crippen LogP contribution in [0.2, 0.25) is 0 Å². The van der Waals surface area contributed by atoms with Gasteiger partial charge in [0.2, 0.25) is 5.95 Å². The van der Waals surface area contributed by atoms with Gasteiger partial charge >= 0.3 is 6.03 Å². The Kier molecular flexibility index (Phi) is 5.59. The highest BCUT2D eigenvalue weighted by Crippen LogP contribution is 2.20. The number of halogens is 1. The lowest BCUT2D eigenvalue weighted by Gasteiger charge is -2.13. The van der Waals surface area contributed by atoms with Crippen molar-refractivity contribution in [1.29, 1.82) is 0 Å². The number of hydrogen-bond donors (Lipinski definition) is 3. The first kappa shape index (κ1) is 18.7. The second-order valence-corrected chi connectivity index (χ2v) is 6.74. The van der Waals surface area contributed by atoms with Crippen LogP contribution < -0.4 is 10.0 Å². The lowest BCUT2D eigenvalue weighted by Crippen LogP contribution is -2.35. The number of anilines is 1. The fourth-order valence-corrected chi connectivity index (χ4v) is 3.17. The second-order valence-electron chi connectivity index (χ2n) is 5.09. The first-order valence-corrected chi connectivity index (χ1v) is 8.56. The molecule has 3 N–H and O–H groups in total. The largest absolute Gasteiger partial charge is 0.384 e. The summed E-state index contributed by atoms with van der Waals surface area (Å²) in [5.41, 5.74) is 0.783. The number of pyridine rings is 1. The van der Waals surface area contributed by atoms with E-state index in [1.165, 1.54) is 12.3 Å². The van der Waals surface area contributed by atoms with Crippen molar-refractivity contribution in [3.8, 4) is 0 Å². The summed E-state index contributed by atoms with van der Waals surface area (Å²) in [6.45, 7) is 2.16. The van der Waals surface area contributed by atoms with Gasteiger partial charge in [0.05, 0.1) is 5.69 Å². The molecule has 0 aliphatic carbocycles. The molecular weight excluding hydrogens is 353 g/mol. The Labute approximate surface area is 143 Å². The standard InChI is InChI=1S/C14H16FN5O4S/c1-8-6-9(2)18-13(17-8)19-14(22)20-25(23,24)11-4-3-5-16-12(11)10(21)7-15/h3-6,10,21H,7H2,1-2H3,(H2,17,18,19,20,22). The van der Waals surface area contributed by atoms with Gasteiger partial charge in [0.25, 0.3) is 10.0 Å². The molecule has 1 unspecified atom stereocenters. The number of amides is 2. The van der Waals surface area contributed by atoms with Crippen LogP contribution in [0.5, 0.6) is 0 Å². The van der Waals surface area contributed by atoms with E-state index >= 15 is 0 Å². The van der Waals surface area contributed by atoms with Crippen molar-refractivity contribution in [2.75, 3.05) is 12.0 Å². The second kappa shape index (κ2) is 7.49. The van der Waals surface area contributed by atoms with Crippen molar-refractivity contribution in [3.05, 3.63) is 41.5 Å². The number of carbonyl (C=O) groups excluding carboxylic acids is 1. The van der Waals surface area contributed by atoms with E-state index in [1.807, 2.05) is 0 Å². The molecule has 2 aromatic heterocycles. The first-order valence-electron chi connectivity index (χ1n) is 7.08. The number of sulfonamides is 1.